The maximum Gasteiger partial charge on any atom is 0.435 e. The molecule has 0 atom stereocenters. The Labute approximate surface area is 91.7 Å². The van der Waals surface area contributed by atoms with Crippen LogP contribution in [-0.2, 0) is 10.0 Å². The predicted molar refractivity (Wildman–Crippen MR) is 53.3 cm³/mol. The minimum absolute atomic E-state index is 0.442. The lowest BCUT2D eigenvalue weighted by molar-refractivity contribution is 0.0514. The van der Waals surface area contributed by atoms with Crippen LogP contribution in [0.15, 0.2) is 12.4 Å². The summed E-state index contributed by atoms with van der Waals surface area (Å²) in [4.78, 5) is 11.5. The highest BCUT2D eigenvalue weighted by Crippen LogP contribution is 2.08. The van der Waals surface area contributed by atoms with Crippen molar-refractivity contribution >= 4 is 22.4 Å². The lowest BCUT2D eigenvalue weighted by Crippen LogP contribution is -2.27. The number of aromatic nitrogens is 2. The molecule has 0 aliphatic rings. The van der Waals surface area contributed by atoms with Crippen molar-refractivity contribution in [3.63, 3.8) is 0 Å². The molecule has 1 aromatic heterocycles. The van der Waals surface area contributed by atoms with E-state index in [0.29, 0.717) is 0 Å². The van der Waals surface area contributed by atoms with Crippen LogP contribution in [0.1, 0.15) is 26.3 Å². The fourth-order valence-electron chi connectivity index (χ4n) is 0.874. The van der Waals surface area contributed by atoms with Crippen LogP contribution in [0.25, 0.3) is 0 Å². The second kappa shape index (κ2) is 4.16. The molecule has 74 valence electrons. The summed E-state index contributed by atoms with van der Waals surface area (Å²) >= 11 is 2.57. The highest BCUT2D eigenvalue weighted by atomic mass is 27.0. The monoisotopic (exact) mass is 208 g/mol. The van der Waals surface area contributed by atoms with E-state index in [1.54, 1.807) is 12.4 Å². The molecule has 14 heavy (non-hydrogen) atoms. The van der Waals surface area contributed by atoms with Crippen molar-refractivity contribution < 1.29 is 9.53 Å². The van der Waals surface area contributed by atoms with Crippen LogP contribution in [0.3, 0.4) is 0 Å². The molecular formula is C9H13AlN2O2. The van der Waals surface area contributed by atoms with Gasteiger partial charge >= 0.3 is 6.09 Å². The first kappa shape index (κ1) is 11.3. The van der Waals surface area contributed by atoms with Gasteiger partial charge in [0, 0.05) is 6.20 Å². The van der Waals surface area contributed by atoms with Crippen molar-refractivity contribution in [2.75, 3.05) is 0 Å². The van der Waals surface area contributed by atoms with Crippen LogP contribution in [0.5, 0.6) is 0 Å². The highest BCUT2D eigenvalue weighted by Gasteiger charge is 2.17. The summed E-state index contributed by atoms with van der Waals surface area (Å²) in [6.07, 6.45) is 2.88. The van der Waals surface area contributed by atoms with Crippen LogP contribution in [-0.4, -0.2) is 37.8 Å². The van der Waals surface area contributed by atoms with Crippen molar-refractivity contribution in [1.82, 2.24) is 9.78 Å². The topological polar surface area (TPSA) is 44.1 Å². The minimum atomic E-state index is -0.482. The quantitative estimate of drug-likeness (QED) is 0.654. The van der Waals surface area contributed by atoms with E-state index in [-0.39, 0.29) is 0 Å². The zero-order valence-corrected chi connectivity index (χ0v) is 9.80. The molecule has 5 heteroatoms. The molecule has 0 aliphatic heterocycles. The first-order valence-corrected chi connectivity index (χ1v) is 5.21. The number of carbonyl (C=O) groups excluding carboxylic acids is 1. The van der Waals surface area contributed by atoms with E-state index in [2.05, 4.69) is 21.4 Å². The molecule has 0 N–H and O–H groups in total. The fraction of sp³-hybridized carbons (Fsp3) is 0.556. The van der Waals surface area contributed by atoms with Gasteiger partial charge in [0.05, 0.1) is 6.20 Å². The second-order valence-corrected chi connectivity index (χ2v) is 4.39. The highest BCUT2D eigenvalue weighted by molar-refractivity contribution is 6.08. The molecule has 0 aromatic carbocycles. The van der Waals surface area contributed by atoms with Gasteiger partial charge in [-0.15, -0.1) is 0 Å². The average Bonchev–Trinajstić information content (AvgIpc) is 2.48. The Hall–Kier alpha value is -0.788. The van der Waals surface area contributed by atoms with Crippen LogP contribution in [0, 0.1) is 0 Å². The molecule has 0 aliphatic carbocycles. The van der Waals surface area contributed by atoms with E-state index < -0.39 is 11.7 Å². The van der Waals surface area contributed by atoms with Crippen molar-refractivity contribution in [2.45, 2.75) is 31.7 Å². The molecule has 2 radical (unpaired) electrons. The minimum Gasteiger partial charge on any atom is -0.442 e. The van der Waals surface area contributed by atoms with Gasteiger partial charge in [-0.3, -0.25) is 0 Å². The third-order valence-corrected chi connectivity index (χ3v) is 1.92. The Balaban J connectivity index is 2.70. The molecule has 0 amide bonds. The smallest absolute Gasteiger partial charge is 0.435 e. The van der Waals surface area contributed by atoms with E-state index >= 15 is 0 Å². The second-order valence-electron chi connectivity index (χ2n) is 3.98. The first-order chi connectivity index (χ1) is 6.42. The lowest BCUT2D eigenvalue weighted by Gasteiger charge is -2.18. The zero-order valence-electron chi connectivity index (χ0n) is 8.65. The van der Waals surface area contributed by atoms with Crippen LogP contribution < -0.4 is 0 Å². The van der Waals surface area contributed by atoms with Crippen LogP contribution in [0.4, 0.5) is 4.79 Å². The van der Waals surface area contributed by atoms with E-state index in [4.69, 9.17) is 4.74 Å². The number of ether oxygens (including phenoxy) is 1. The predicted octanol–water partition coefficient (Wildman–Crippen LogP) is 1.33. The van der Waals surface area contributed by atoms with Gasteiger partial charge in [-0.25, -0.2) is 4.79 Å². The van der Waals surface area contributed by atoms with Gasteiger partial charge in [0.15, 0.2) is 0 Å². The molecule has 0 bridgehead atoms. The Morgan fingerprint density at radius 3 is 2.71 bits per heavy atom. The SMILES string of the molecule is CC(C)(C)OC(=O)n1cc([CH2][Al])cn1. The van der Waals surface area contributed by atoms with Gasteiger partial charge in [0.25, 0.3) is 0 Å². The molecule has 1 heterocycles. The normalized spacial score (nSPS) is 11.4. The fourth-order valence-corrected chi connectivity index (χ4v) is 1.08. The largest absolute Gasteiger partial charge is 0.442 e. The van der Waals surface area contributed by atoms with Crippen molar-refractivity contribution in [3.8, 4) is 0 Å². The standard InChI is InChI=1S/C9H13N2O2.Al/c1-7-5-10-11(6-7)8(12)13-9(2,3)4;/h5-6H,1H2,2-4H3;. The summed E-state index contributed by atoms with van der Waals surface area (Å²) in [5.41, 5.74) is 0.505. The van der Waals surface area contributed by atoms with E-state index in [9.17, 15) is 4.79 Å². The maximum absolute atomic E-state index is 11.5. The van der Waals surface area contributed by atoms with Crippen molar-refractivity contribution in [1.29, 1.82) is 0 Å². The van der Waals surface area contributed by atoms with Crippen molar-refractivity contribution in [2.24, 2.45) is 0 Å². The lowest BCUT2D eigenvalue weighted by atomic mass is 10.2. The Morgan fingerprint density at radius 1 is 1.64 bits per heavy atom. The van der Waals surface area contributed by atoms with Gasteiger partial charge in [-0.1, -0.05) is 5.28 Å². The summed E-state index contributed by atoms with van der Waals surface area (Å²) in [6.45, 7) is 5.47. The zero-order chi connectivity index (χ0) is 10.8. The maximum atomic E-state index is 11.5. The number of nitrogens with zero attached hydrogens (tertiary/aromatic N) is 2. The molecule has 1 rings (SSSR count). The number of rotatable bonds is 1. The molecule has 0 spiro atoms. The molecule has 0 saturated heterocycles. The summed E-state index contributed by atoms with van der Waals surface area (Å²) < 4.78 is 6.35. The van der Waals surface area contributed by atoms with Crippen molar-refractivity contribution in [3.05, 3.63) is 18.0 Å². The van der Waals surface area contributed by atoms with Gasteiger partial charge < -0.3 is 4.74 Å². The van der Waals surface area contributed by atoms with E-state index in [0.717, 1.165) is 10.8 Å². The number of hydrogen-bond acceptors (Lipinski definition) is 3. The van der Waals surface area contributed by atoms with Gasteiger partial charge in [-0.2, -0.15) is 9.78 Å². The van der Waals surface area contributed by atoms with E-state index in [1.807, 2.05) is 20.8 Å². The molecule has 4 nitrogen and oxygen atoms in total. The summed E-state index contributed by atoms with van der Waals surface area (Å²) in [6, 6.07) is 0. The number of hydrogen-bond donors (Lipinski definition) is 0. The molecule has 0 saturated carbocycles. The van der Waals surface area contributed by atoms with Crippen LogP contribution in [0.2, 0.25) is 0 Å². The Morgan fingerprint density at radius 2 is 2.29 bits per heavy atom. The Bertz CT molecular complexity index is 328. The summed E-state index contributed by atoms with van der Waals surface area (Å²) in [7, 11) is 0. The molecule has 0 fully saturated rings. The summed E-state index contributed by atoms with van der Waals surface area (Å²) in [5.74, 6) is 0. The number of carbonyl (C=O) groups is 1. The Kier molecular flexibility index (Phi) is 3.35. The van der Waals surface area contributed by atoms with Gasteiger partial charge in [0.1, 0.15) is 21.9 Å². The van der Waals surface area contributed by atoms with Gasteiger partial charge in [0.2, 0.25) is 0 Å². The third-order valence-electron chi connectivity index (χ3n) is 1.45. The molecular weight excluding hydrogens is 195 g/mol. The molecule has 0 unspecified atom stereocenters. The van der Waals surface area contributed by atoms with Gasteiger partial charge in [-0.05, 0) is 26.3 Å². The van der Waals surface area contributed by atoms with E-state index in [1.165, 1.54) is 4.68 Å². The first-order valence-electron chi connectivity index (χ1n) is 4.39. The van der Waals surface area contributed by atoms with Crippen LogP contribution >= 0.6 is 0 Å². The third kappa shape index (κ3) is 3.17. The molecule has 1 aromatic rings. The summed E-state index contributed by atoms with van der Waals surface area (Å²) in [5, 5.41) is 4.68. The average molecular weight is 208 g/mol.